The van der Waals surface area contributed by atoms with Gasteiger partial charge in [0.05, 0.1) is 0 Å². The number of aromatic nitrogens is 3. The minimum absolute atomic E-state index is 0. The van der Waals surface area contributed by atoms with E-state index < -0.39 is 11.9 Å². The molecule has 0 bridgehead atoms. The molecule has 1 heterocycles. The van der Waals surface area contributed by atoms with E-state index in [9.17, 15) is 13.6 Å². The SMILES string of the molecule is O=C(O)c1[nH]nnc1Oc1ccc(C2CCC(F)(F)CC2)cc1.[H-].[H-].[Na+].[Na+]. The van der Waals surface area contributed by atoms with E-state index in [1.54, 1.807) is 12.1 Å². The maximum Gasteiger partial charge on any atom is 1.00 e. The van der Waals surface area contributed by atoms with E-state index in [1.165, 1.54) is 0 Å². The molecule has 126 valence electrons. The van der Waals surface area contributed by atoms with Gasteiger partial charge in [0.15, 0.2) is 0 Å². The Morgan fingerprint density at radius 3 is 2.40 bits per heavy atom. The third-order valence-electron chi connectivity index (χ3n) is 4.01. The number of carboxylic acids is 1. The number of carbonyl (C=O) groups is 1. The average molecular weight is 371 g/mol. The van der Waals surface area contributed by atoms with Crippen LogP contribution in [0, 0.1) is 0 Å². The Morgan fingerprint density at radius 2 is 1.84 bits per heavy atom. The van der Waals surface area contributed by atoms with Gasteiger partial charge in [0.25, 0.3) is 5.88 Å². The minimum Gasteiger partial charge on any atom is -1.00 e. The van der Waals surface area contributed by atoms with Gasteiger partial charge >= 0.3 is 65.1 Å². The second-order valence-corrected chi connectivity index (χ2v) is 5.60. The van der Waals surface area contributed by atoms with Gasteiger partial charge in [-0.05, 0) is 36.5 Å². The number of aromatic amines is 1. The maximum atomic E-state index is 13.2. The van der Waals surface area contributed by atoms with E-state index in [2.05, 4.69) is 15.4 Å². The molecule has 0 aliphatic heterocycles. The number of aromatic carboxylic acids is 1. The van der Waals surface area contributed by atoms with Gasteiger partial charge in [-0.2, -0.15) is 0 Å². The van der Waals surface area contributed by atoms with Gasteiger partial charge in [-0.3, -0.25) is 0 Å². The molecule has 1 aromatic heterocycles. The summed E-state index contributed by atoms with van der Waals surface area (Å²) in [6.07, 6.45) is 0.743. The second-order valence-electron chi connectivity index (χ2n) is 5.60. The van der Waals surface area contributed by atoms with Crippen LogP contribution in [0.5, 0.6) is 11.6 Å². The number of H-pyrrole nitrogens is 1. The van der Waals surface area contributed by atoms with Gasteiger partial charge in [-0.15, -0.1) is 0 Å². The third kappa shape index (κ3) is 5.74. The zero-order valence-electron chi connectivity index (χ0n) is 16.1. The third-order valence-corrected chi connectivity index (χ3v) is 4.01. The molecule has 0 atom stereocenters. The van der Waals surface area contributed by atoms with E-state index in [0.29, 0.717) is 18.6 Å². The number of nitrogens with zero attached hydrogens (tertiary/aromatic N) is 2. The molecular formula is C15H17F2N3Na2O3. The van der Waals surface area contributed by atoms with Gasteiger partial charge in [0, 0.05) is 12.8 Å². The standard InChI is InChI=1S/C15H15F2N3O3.2Na.2H/c16-15(17)7-5-10(6-8-15)9-1-3-11(4-2-9)23-13-12(14(21)22)18-20-19-13;;;;/h1-4,10H,5-8H2,(H,21,22)(H,18,19,20);;;;/q;2*+1;2*-1. The fourth-order valence-electron chi connectivity index (χ4n) is 2.72. The van der Waals surface area contributed by atoms with Crippen molar-refractivity contribution < 1.29 is 85.4 Å². The smallest absolute Gasteiger partial charge is 1.00 e. The number of rotatable bonds is 4. The monoisotopic (exact) mass is 371 g/mol. The quantitative estimate of drug-likeness (QED) is 0.597. The topological polar surface area (TPSA) is 88.1 Å². The van der Waals surface area contributed by atoms with E-state index >= 15 is 0 Å². The molecule has 0 spiro atoms. The molecule has 3 rings (SSSR count). The van der Waals surface area contributed by atoms with Crippen LogP contribution in [0.2, 0.25) is 0 Å². The van der Waals surface area contributed by atoms with Crippen LogP contribution in [-0.2, 0) is 0 Å². The molecule has 10 heteroatoms. The molecule has 1 aliphatic carbocycles. The number of nitrogens with one attached hydrogen (secondary N) is 1. The van der Waals surface area contributed by atoms with Crippen molar-refractivity contribution in [3.63, 3.8) is 0 Å². The molecule has 1 aliphatic rings. The van der Waals surface area contributed by atoms with Crippen molar-refractivity contribution in [1.29, 1.82) is 0 Å². The Kier molecular flexibility index (Phi) is 8.50. The summed E-state index contributed by atoms with van der Waals surface area (Å²) in [4.78, 5) is 10.9. The normalized spacial score (nSPS) is 16.4. The first-order valence-corrected chi connectivity index (χ1v) is 7.24. The number of benzene rings is 1. The number of alkyl halides is 2. The first-order valence-electron chi connectivity index (χ1n) is 7.24. The number of hydrogen-bond donors (Lipinski definition) is 2. The van der Waals surface area contributed by atoms with Gasteiger partial charge in [-0.25, -0.2) is 18.7 Å². The summed E-state index contributed by atoms with van der Waals surface area (Å²) in [6.45, 7) is 0. The van der Waals surface area contributed by atoms with E-state index in [-0.39, 0.29) is 92.3 Å². The predicted molar refractivity (Wildman–Crippen MR) is 78.2 cm³/mol. The van der Waals surface area contributed by atoms with Crippen LogP contribution in [0.15, 0.2) is 24.3 Å². The van der Waals surface area contributed by atoms with E-state index in [0.717, 1.165) is 5.56 Å². The Hall–Kier alpha value is -0.510. The second kappa shape index (κ2) is 9.43. The predicted octanol–water partition coefficient (Wildman–Crippen LogP) is -2.18. The summed E-state index contributed by atoms with van der Waals surface area (Å²) in [6, 6.07) is 6.96. The molecule has 0 saturated heterocycles. The minimum atomic E-state index is -2.54. The maximum absolute atomic E-state index is 13.2. The summed E-state index contributed by atoms with van der Waals surface area (Å²) in [5.74, 6) is -3.36. The van der Waals surface area contributed by atoms with Crippen LogP contribution in [0.25, 0.3) is 0 Å². The number of ether oxygens (including phenoxy) is 1. The number of carboxylic acid groups (broad SMARTS) is 1. The summed E-state index contributed by atoms with van der Waals surface area (Å²) in [5, 5.41) is 18.1. The van der Waals surface area contributed by atoms with Gasteiger partial charge in [0.2, 0.25) is 11.6 Å². The van der Waals surface area contributed by atoms with Crippen LogP contribution in [0.4, 0.5) is 8.78 Å². The average Bonchev–Trinajstić information content (AvgIpc) is 2.97. The molecule has 1 aromatic carbocycles. The molecule has 25 heavy (non-hydrogen) atoms. The molecule has 1 saturated carbocycles. The first kappa shape index (κ1) is 22.5. The largest absolute Gasteiger partial charge is 1.00 e. The molecule has 2 N–H and O–H groups in total. The summed E-state index contributed by atoms with van der Waals surface area (Å²) in [7, 11) is 0. The first-order chi connectivity index (χ1) is 10.9. The fraction of sp³-hybridized carbons (Fsp3) is 0.400. The van der Waals surface area contributed by atoms with Gasteiger partial charge in [-0.1, -0.05) is 22.4 Å². The molecule has 0 amide bonds. The van der Waals surface area contributed by atoms with Crippen LogP contribution in [0.3, 0.4) is 0 Å². The molecule has 1 fully saturated rings. The van der Waals surface area contributed by atoms with Crippen LogP contribution in [0.1, 0.15) is 50.5 Å². The van der Waals surface area contributed by atoms with E-state index in [4.69, 9.17) is 9.84 Å². The zero-order valence-corrected chi connectivity index (χ0v) is 18.1. The van der Waals surface area contributed by atoms with Crippen molar-refractivity contribution in [2.75, 3.05) is 0 Å². The molecular weight excluding hydrogens is 354 g/mol. The van der Waals surface area contributed by atoms with Crippen molar-refractivity contribution in [1.82, 2.24) is 15.4 Å². The fourth-order valence-corrected chi connectivity index (χ4v) is 2.72. The van der Waals surface area contributed by atoms with E-state index in [1.807, 2.05) is 12.1 Å². The van der Waals surface area contributed by atoms with Gasteiger partial charge in [0.1, 0.15) is 5.75 Å². The Balaban J connectivity index is 0. The number of hydrogen-bond acceptors (Lipinski definition) is 4. The molecule has 0 unspecified atom stereocenters. The zero-order chi connectivity index (χ0) is 16.4. The number of halogens is 2. The van der Waals surface area contributed by atoms with Crippen LogP contribution >= 0.6 is 0 Å². The Bertz CT molecular complexity index is 711. The van der Waals surface area contributed by atoms with Crippen LogP contribution in [-0.4, -0.2) is 32.4 Å². The summed E-state index contributed by atoms with van der Waals surface area (Å²) in [5.41, 5.74) is 0.745. The summed E-state index contributed by atoms with van der Waals surface area (Å²) < 4.78 is 31.8. The van der Waals surface area contributed by atoms with Crippen molar-refractivity contribution in [2.45, 2.75) is 37.5 Å². The Morgan fingerprint density at radius 1 is 1.24 bits per heavy atom. The summed E-state index contributed by atoms with van der Waals surface area (Å²) >= 11 is 0. The molecule has 2 aromatic rings. The van der Waals surface area contributed by atoms with Crippen LogP contribution < -0.4 is 63.9 Å². The molecule has 6 nitrogen and oxygen atoms in total. The Labute approximate surface area is 190 Å². The van der Waals surface area contributed by atoms with Crippen molar-refractivity contribution in [3.05, 3.63) is 35.5 Å². The van der Waals surface area contributed by atoms with Crippen molar-refractivity contribution >= 4 is 5.97 Å². The van der Waals surface area contributed by atoms with Crippen molar-refractivity contribution in [2.24, 2.45) is 0 Å². The molecule has 0 radical (unpaired) electrons. The van der Waals surface area contributed by atoms with Crippen molar-refractivity contribution in [3.8, 4) is 11.6 Å². The van der Waals surface area contributed by atoms with Gasteiger partial charge < -0.3 is 12.7 Å².